The monoisotopic (exact) mass is 285 g/mol. The molecule has 0 amide bonds. The second-order valence-electron chi connectivity index (χ2n) is 4.61. The predicted molar refractivity (Wildman–Crippen MR) is 72.6 cm³/mol. The van der Waals surface area contributed by atoms with Crippen LogP contribution in [0.15, 0.2) is 12.3 Å². The first-order valence-electron chi connectivity index (χ1n) is 6.31. The Balaban J connectivity index is 2.31. The van der Waals surface area contributed by atoms with Gasteiger partial charge >= 0.3 is 5.69 Å². The number of hydrogen-bond acceptors (Lipinski definition) is 5. The van der Waals surface area contributed by atoms with Gasteiger partial charge in [0.2, 0.25) is 5.82 Å². The number of aliphatic hydroxyl groups excluding tert-OH is 1. The zero-order valence-electron chi connectivity index (χ0n) is 10.5. The highest BCUT2D eigenvalue weighted by Crippen LogP contribution is 2.34. The summed E-state index contributed by atoms with van der Waals surface area (Å²) in [5.74, 6) is 0.354. The smallest absolute Gasteiger partial charge is 0.313 e. The maximum absolute atomic E-state index is 11.1. The fourth-order valence-corrected chi connectivity index (χ4v) is 2.33. The van der Waals surface area contributed by atoms with Crippen molar-refractivity contribution in [2.45, 2.75) is 31.7 Å². The highest BCUT2D eigenvalue weighted by Gasteiger charge is 2.30. The summed E-state index contributed by atoms with van der Waals surface area (Å²) in [6.07, 6.45) is 5.13. The average molecular weight is 286 g/mol. The highest BCUT2D eigenvalue weighted by atomic mass is 35.5. The molecule has 0 aliphatic heterocycles. The quantitative estimate of drug-likeness (QED) is 0.641. The summed E-state index contributed by atoms with van der Waals surface area (Å²) < 4.78 is 0. The number of aromatic nitrogens is 1. The summed E-state index contributed by atoms with van der Waals surface area (Å²) in [6.45, 7) is 0.626. The fourth-order valence-electron chi connectivity index (χ4n) is 2.18. The van der Waals surface area contributed by atoms with Crippen molar-refractivity contribution >= 4 is 23.1 Å². The van der Waals surface area contributed by atoms with E-state index in [9.17, 15) is 10.1 Å². The minimum absolute atomic E-state index is 0.0601. The van der Waals surface area contributed by atoms with Gasteiger partial charge in [-0.1, -0.05) is 11.6 Å². The Morgan fingerprint density at radius 2 is 2.32 bits per heavy atom. The Hall–Kier alpha value is -1.40. The molecule has 0 spiro atoms. The van der Waals surface area contributed by atoms with Crippen molar-refractivity contribution in [2.24, 2.45) is 0 Å². The molecule has 7 heteroatoms. The van der Waals surface area contributed by atoms with Crippen LogP contribution in [0.1, 0.15) is 25.7 Å². The Kier molecular flexibility index (Phi) is 4.55. The van der Waals surface area contributed by atoms with Crippen molar-refractivity contribution in [1.29, 1.82) is 0 Å². The van der Waals surface area contributed by atoms with E-state index in [1.165, 1.54) is 12.3 Å². The van der Waals surface area contributed by atoms with Crippen molar-refractivity contribution in [3.63, 3.8) is 0 Å². The average Bonchev–Trinajstić information content (AvgIpc) is 2.32. The molecular weight excluding hydrogens is 270 g/mol. The van der Waals surface area contributed by atoms with Gasteiger partial charge < -0.3 is 10.0 Å². The Morgan fingerprint density at radius 3 is 2.84 bits per heavy atom. The third-order valence-electron chi connectivity index (χ3n) is 3.36. The molecule has 19 heavy (non-hydrogen) atoms. The lowest BCUT2D eigenvalue weighted by Crippen LogP contribution is -2.42. The van der Waals surface area contributed by atoms with E-state index < -0.39 is 4.92 Å². The molecule has 1 saturated carbocycles. The number of hydrogen-bond donors (Lipinski definition) is 1. The first kappa shape index (κ1) is 14.0. The van der Waals surface area contributed by atoms with Crippen molar-refractivity contribution in [1.82, 2.24) is 4.98 Å². The van der Waals surface area contributed by atoms with E-state index in [-0.39, 0.29) is 23.4 Å². The molecule has 2 rings (SSSR count). The largest absolute Gasteiger partial charge is 0.396 e. The van der Waals surface area contributed by atoms with Crippen LogP contribution in [0.25, 0.3) is 0 Å². The molecule has 1 heterocycles. The van der Waals surface area contributed by atoms with E-state index >= 15 is 0 Å². The number of pyridine rings is 1. The zero-order valence-corrected chi connectivity index (χ0v) is 11.2. The molecule has 104 valence electrons. The molecule has 6 nitrogen and oxygen atoms in total. The summed E-state index contributed by atoms with van der Waals surface area (Å²) in [4.78, 5) is 16.7. The van der Waals surface area contributed by atoms with Crippen LogP contribution in [-0.2, 0) is 0 Å². The van der Waals surface area contributed by atoms with Gasteiger partial charge in [0, 0.05) is 31.5 Å². The van der Waals surface area contributed by atoms with Crippen molar-refractivity contribution in [2.75, 3.05) is 18.1 Å². The van der Waals surface area contributed by atoms with Crippen molar-refractivity contribution in [3.05, 3.63) is 27.4 Å². The number of halogens is 1. The molecule has 0 unspecified atom stereocenters. The lowest BCUT2D eigenvalue weighted by Gasteiger charge is -2.38. The van der Waals surface area contributed by atoms with Crippen LogP contribution in [-0.4, -0.2) is 34.2 Å². The second kappa shape index (κ2) is 6.16. The van der Waals surface area contributed by atoms with Crippen LogP contribution in [0.5, 0.6) is 0 Å². The fraction of sp³-hybridized carbons (Fsp3) is 0.583. The molecule has 1 aliphatic rings. The number of anilines is 1. The first-order valence-corrected chi connectivity index (χ1v) is 6.68. The molecule has 0 saturated heterocycles. The van der Waals surface area contributed by atoms with Gasteiger partial charge in [0.1, 0.15) is 0 Å². The van der Waals surface area contributed by atoms with Gasteiger partial charge in [0.25, 0.3) is 0 Å². The summed E-state index contributed by atoms with van der Waals surface area (Å²) in [7, 11) is 0. The van der Waals surface area contributed by atoms with Gasteiger partial charge in [-0.15, -0.1) is 0 Å². The topological polar surface area (TPSA) is 79.5 Å². The lowest BCUT2D eigenvalue weighted by molar-refractivity contribution is -0.384. The number of nitro groups is 1. The predicted octanol–water partition coefficient (Wildman–Crippen LogP) is 2.38. The van der Waals surface area contributed by atoms with Crippen molar-refractivity contribution in [3.8, 4) is 0 Å². The van der Waals surface area contributed by atoms with E-state index in [1.807, 2.05) is 4.90 Å². The number of rotatable bonds is 6. The van der Waals surface area contributed by atoms with Gasteiger partial charge in [-0.2, -0.15) is 0 Å². The van der Waals surface area contributed by atoms with Crippen molar-refractivity contribution < 1.29 is 10.0 Å². The molecule has 1 aliphatic carbocycles. The maximum Gasteiger partial charge on any atom is 0.313 e. The number of aliphatic hydroxyl groups is 1. The van der Waals surface area contributed by atoms with E-state index in [1.54, 1.807) is 0 Å². The summed E-state index contributed by atoms with van der Waals surface area (Å²) in [5.41, 5.74) is -0.0719. The first-order chi connectivity index (χ1) is 9.13. The van der Waals surface area contributed by atoms with E-state index in [0.717, 1.165) is 19.3 Å². The normalized spacial score (nSPS) is 15.1. The van der Waals surface area contributed by atoms with Crippen LogP contribution >= 0.6 is 11.6 Å². The van der Waals surface area contributed by atoms with Gasteiger partial charge in [-0.25, -0.2) is 4.98 Å². The highest BCUT2D eigenvalue weighted by molar-refractivity contribution is 6.30. The molecular formula is C12H16ClN3O3. The molecule has 0 aromatic carbocycles. The van der Waals surface area contributed by atoms with E-state index in [4.69, 9.17) is 16.7 Å². The third kappa shape index (κ3) is 3.13. The molecule has 0 atom stereocenters. The van der Waals surface area contributed by atoms with Crippen LogP contribution in [0.4, 0.5) is 11.5 Å². The standard InChI is InChI=1S/C12H16ClN3O3/c13-9-7-11(16(18)19)12(14-8-9)15(5-2-6-17)10-3-1-4-10/h7-8,10,17H,1-6H2. The molecule has 1 N–H and O–H groups in total. The van der Waals surface area contributed by atoms with Gasteiger partial charge in [0.15, 0.2) is 0 Å². The van der Waals surface area contributed by atoms with Crippen LogP contribution in [0.2, 0.25) is 5.02 Å². The summed E-state index contributed by atoms with van der Waals surface area (Å²) in [5, 5.41) is 20.3. The van der Waals surface area contributed by atoms with Crippen LogP contribution < -0.4 is 4.90 Å². The molecule has 0 bridgehead atoms. The molecule has 1 fully saturated rings. The minimum atomic E-state index is -0.459. The van der Waals surface area contributed by atoms with Crippen LogP contribution in [0, 0.1) is 10.1 Å². The van der Waals surface area contributed by atoms with Gasteiger partial charge in [-0.3, -0.25) is 10.1 Å². The maximum atomic E-state index is 11.1. The SMILES string of the molecule is O=[N+]([O-])c1cc(Cl)cnc1N(CCCO)C1CCC1. The lowest BCUT2D eigenvalue weighted by atomic mass is 9.91. The summed E-state index contributed by atoms with van der Waals surface area (Å²) >= 11 is 5.77. The molecule has 1 aromatic rings. The van der Waals surface area contributed by atoms with Crippen LogP contribution in [0.3, 0.4) is 0 Å². The summed E-state index contributed by atoms with van der Waals surface area (Å²) in [6, 6.07) is 1.60. The Labute approximate surface area is 116 Å². The Bertz CT molecular complexity index is 466. The third-order valence-corrected chi connectivity index (χ3v) is 3.56. The Morgan fingerprint density at radius 1 is 1.58 bits per heavy atom. The zero-order chi connectivity index (χ0) is 13.8. The van der Waals surface area contributed by atoms with E-state index in [0.29, 0.717) is 18.8 Å². The second-order valence-corrected chi connectivity index (χ2v) is 5.05. The minimum Gasteiger partial charge on any atom is -0.396 e. The van der Waals surface area contributed by atoms with E-state index in [2.05, 4.69) is 4.98 Å². The molecule has 0 radical (unpaired) electrons. The van der Waals surface area contributed by atoms with Gasteiger partial charge in [-0.05, 0) is 25.7 Å². The number of nitrogens with zero attached hydrogens (tertiary/aromatic N) is 3. The van der Waals surface area contributed by atoms with Gasteiger partial charge in [0.05, 0.1) is 9.95 Å². The molecule has 1 aromatic heterocycles.